The van der Waals surface area contributed by atoms with Crippen LogP contribution in [-0.2, 0) is 17.9 Å². The van der Waals surface area contributed by atoms with Gasteiger partial charge in [-0.3, -0.25) is 0 Å². The first-order valence-electron chi connectivity index (χ1n) is 5.95. The highest BCUT2D eigenvalue weighted by Gasteiger charge is 2.05. The molecule has 1 N–H and O–H groups in total. The van der Waals surface area contributed by atoms with Gasteiger partial charge in [0.15, 0.2) is 0 Å². The topological polar surface area (TPSA) is 21.3 Å². The normalized spacial score (nSPS) is 10.5. The largest absolute Gasteiger partial charge is 0.380 e. The Hall–Kier alpha value is -1.39. The van der Waals surface area contributed by atoms with E-state index in [9.17, 15) is 4.39 Å². The molecule has 0 saturated heterocycles. The molecule has 2 aromatic rings. The number of nitrogens with one attached hydrogen (secondary N) is 1. The molecule has 0 aliphatic heterocycles. The molecule has 100 valence electrons. The van der Waals surface area contributed by atoms with E-state index in [2.05, 4.69) is 21.2 Å². The van der Waals surface area contributed by atoms with Crippen molar-refractivity contribution in [2.45, 2.75) is 13.2 Å². The minimum Gasteiger partial charge on any atom is -0.380 e. The Labute approximate surface area is 120 Å². The number of rotatable bonds is 5. The van der Waals surface area contributed by atoms with Crippen LogP contribution < -0.4 is 5.32 Å². The van der Waals surface area contributed by atoms with Crippen LogP contribution in [0.4, 0.5) is 10.1 Å². The lowest BCUT2D eigenvalue weighted by atomic mass is 10.1. The van der Waals surface area contributed by atoms with Gasteiger partial charge in [-0.15, -0.1) is 0 Å². The van der Waals surface area contributed by atoms with Crippen molar-refractivity contribution in [2.75, 3.05) is 12.4 Å². The Morgan fingerprint density at radius 1 is 1.11 bits per heavy atom. The quantitative estimate of drug-likeness (QED) is 0.883. The number of benzene rings is 2. The summed E-state index contributed by atoms with van der Waals surface area (Å²) < 4.78 is 19.4. The third-order valence-corrected chi connectivity index (χ3v) is 3.43. The molecule has 0 fully saturated rings. The van der Waals surface area contributed by atoms with E-state index in [1.54, 1.807) is 13.2 Å². The van der Waals surface area contributed by atoms with Gasteiger partial charge >= 0.3 is 0 Å². The van der Waals surface area contributed by atoms with Gasteiger partial charge in [0.25, 0.3) is 0 Å². The molecule has 0 spiro atoms. The smallest absolute Gasteiger partial charge is 0.147 e. The molecular weight excluding hydrogens is 309 g/mol. The van der Waals surface area contributed by atoms with Crippen LogP contribution in [0.3, 0.4) is 0 Å². The number of hydrogen-bond acceptors (Lipinski definition) is 2. The van der Waals surface area contributed by atoms with Gasteiger partial charge in [-0.05, 0) is 39.2 Å². The average molecular weight is 324 g/mol. The molecule has 0 saturated carbocycles. The summed E-state index contributed by atoms with van der Waals surface area (Å²) in [6.07, 6.45) is 0. The SMILES string of the molecule is COCc1ccc(CNc2c(F)cccc2Br)cc1. The van der Waals surface area contributed by atoms with E-state index >= 15 is 0 Å². The first-order valence-corrected chi connectivity index (χ1v) is 6.74. The van der Waals surface area contributed by atoms with Gasteiger partial charge in [0.1, 0.15) is 5.82 Å². The Balaban J connectivity index is 2.02. The molecule has 0 aromatic heterocycles. The minimum atomic E-state index is -0.259. The van der Waals surface area contributed by atoms with E-state index in [-0.39, 0.29) is 5.82 Å². The number of hydrogen-bond donors (Lipinski definition) is 1. The van der Waals surface area contributed by atoms with Crippen LogP contribution in [0.1, 0.15) is 11.1 Å². The molecule has 4 heteroatoms. The summed E-state index contributed by atoms with van der Waals surface area (Å²) >= 11 is 3.33. The molecule has 0 amide bonds. The van der Waals surface area contributed by atoms with E-state index in [1.807, 2.05) is 30.3 Å². The third kappa shape index (κ3) is 3.78. The first-order chi connectivity index (χ1) is 9.20. The number of halogens is 2. The Morgan fingerprint density at radius 2 is 1.79 bits per heavy atom. The van der Waals surface area contributed by atoms with Crippen molar-refractivity contribution < 1.29 is 9.13 Å². The predicted molar refractivity (Wildman–Crippen MR) is 78.6 cm³/mol. The fraction of sp³-hybridized carbons (Fsp3) is 0.200. The monoisotopic (exact) mass is 323 g/mol. The highest BCUT2D eigenvalue weighted by Crippen LogP contribution is 2.25. The number of ether oxygens (including phenoxy) is 1. The van der Waals surface area contributed by atoms with Gasteiger partial charge in [-0.1, -0.05) is 30.3 Å². The molecule has 0 bridgehead atoms. The summed E-state index contributed by atoms with van der Waals surface area (Å²) in [6, 6.07) is 13.0. The van der Waals surface area contributed by atoms with Crippen molar-refractivity contribution in [2.24, 2.45) is 0 Å². The molecule has 0 aliphatic carbocycles. The van der Waals surface area contributed by atoms with Gasteiger partial charge in [-0.25, -0.2) is 4.39 Å². The minimum absolute atomic E-state index is 0.259. The van der Waals surface area contributed by atoms with Gasteiger partial charge < -0.3 is 10.1 Å². The maximum Gasteiger partial charge on any atom is 0.147 e. The lowest BCUT2D eigenvalue weighted by Gasteiger charge is -2.10. The van der Waals surface area contributed by atoms with Crippen molar-refractivity contribution in [3.8, 4) is 0 Å². The summed E-state index contributed by atoms with van der Waals surface area (Å²) in [4.78, 5) is 0. The number of anilines is 1. The van der Waals surface area contributed by atoms with E-state index in [1.165, 1.54) is 6.07 Å². The average Bonchev–Trinajstić information content (AvgIpc) is 2.40. The summed E-state index contributed by atoms with van der Waals surface area (Å²) in [5, 5.41) is 3.10. The Kier molecular flexibility index (Phi) is 4.93. The van der Waals surface area contributed by atoms with Crippen molar-refractivity contribution in [1.29, 1.82) is 0 Å². The zero-order chi connectivity index (χ0) is 13.7. The molecule has 2 aromatic carbocycles. The third-order valence-electron chi connectivity index (χ3n) is 2.77. The fourth-order valence-corrected chi connectivity index (χ4v) is 2.26. The zero-order valence-corrected chi connectivity index (χ0v) is 12.2. The maximum atomic E-state index is 13.6. The van der Waals surface area contributed by atoms with Gasteiger partial charge in [0.05, 0.1) is 12.3 Å². The van der Waals surface area contributed by atoms with Crippen molar-refractivity contribution in [3.05, 3.63) is 63.9 Å². The Bertz CT molecular complexity index is 522. The summed E-state index contributed by atoms with van der Waals surface area (Å²) in [5.41, 5.74) is 2.71. The van der Waals surface area contributed by atoms with Crippen molar-refractivity contribution in [1.82, 2.24) is 0 Å². The summed E-state index contributed by atoms with van der Waals surface area (Å²) in [6.45, 7) is 1.18. The molecule has 0 atom stereocenters. The predicted octanol–water partition coefficient (Wildman–Crippen LogP) is 4.35. The zero-order valence-electron chi connectivity index (χ0n) is 10.6. The molecule has 0 heterocycles. The van der Waals surface area contributed by atoms with Gasteiger partial charge in [0, 0.05) is 18.1 Å². The first kappa shape index (κ1) is 14.0. The van der Waals surface area contributed by atoms with Crippen LogP contribution in [0.5, 0.6) is 0 Å². The highest BCUT2D eigenvalue weighted by molar-refractivity contribution is 9.10. The van der Waals surface area contributed by atoms with Crippen LogP contribution in [0, 0.1) is 5.82 Å². The van der Waals surface area contributed by atoms with Crippen molar-refractivity contribution >= 4 is 21.6 Å². The fourth-order valence-electron chi connectivity index (χ4n) is 1.78. The molecule has 0 radical (unpaired) electrons. The van der Waals surface area contributed by atoms with Crippen LogP contribution in [0.15, 0.2) is 46.9 Å². The molecule has 0 aliphatic rings. The van der Waals surface area contributed by atoms with E-state index in [0.717, 1.165) is 15.6 Å². The standard InChI is InChI=1S/C15H15BrFNO/c1-19-10-12-7-5-11(6-8-12)9-18-15-13(16)3-2-4-14(15)17/h2-8,18H,9-10H2,1H3. The number of methoxy groups -OCH3 is 1. The van der Waals surface area contributed by atoms with Crippen molar-refractivity contribution in [3.63, 3.8) is 0 Å². The molecular formula is C15H15BrFNO. The van der Waals surface area contributed by atoms with Crippen LogP contribution in [0.25, 0.3) is 0 Å². The molecule has 19 heavy (non-hydrogen) atoms. The lowest BCUT2D eigenvalue weighted by molar-refractivity contribution is 0.185. The lowest BCUT2D eigenvalue weighted by Crippen LogP contribution is -2.02. The second kappa shape index (κ2) is 6.68. The maximum absolute atomic E-state index is 13.6. The van der Waals surface area contributed by atoms with Gasteiger partial charge in [0.2, 0.25) is 0 Å². The summed E-state index contributed by atoms with van der Waals surface area (Å²) in [7, 11) is 1.67. The molecule has 0 unspecified atom stereocenters. The number of para-hydroxylation sites is 1. The second-order valence-corrected chi connectivity index (χ2v) is 5.05. The summed E-state index contributed by atoms with van der Waals surface area (Å²) in [5.74, 6) is -0.259. The Morgan fingerprint density at radius 3 is 2.42 bits per heavy atom. The van der Waals surface area contributed by atoms with E-state index in [0.29, 0.717) is 18.8 Å². The van der Waals surface area contributed by atoms with Crippen LogP contribution >= 0.6 is 15.9 Å². The second-order valence-electron chi connectivity index (χ2n) is 4.20. The van der Waals surface area contributed by atoms with Crippen LogP contribution in [0.2, 0.25) is 0 Å². The van der Waals surface area contributed by atoms with Gasteiger partial charge in [-0.2, -0.15) is 0 Å². The van der Waals surface area contributed by atoms with E-state index < -0.39 is 0 Å². The molecule has 2 rings (SSSR count). The van der Waals surface area contributed by atoms with Crippen LogP contribution in [-0.4, -0.2) is 7.11 Å². The van der Waals surface area contributed by atoms with E-state index in [4.69, 9.17) is 4.74 Å². The molecule has 2 nitrogen and oxygen atoms in total. The highest BCUT2D eigenvalue weighted by atomic mass is 79.9.